The van der Waals surface area contributed by atoms with Crippen molar-refractivity contribution >= 4 is 45.9 Å². The van der Waals surface area contributed by atoms with Crippen LogP contribution in [0.5, 0.6) is 5.75 Å². The van der Waals surface area contributed by atoms with Crippen molar-refractivity contribution in [2.75, 3.05) is 31.6 Å². The van der Waals surface area contributed by atoms with Gasteiger partial charge in [0, 0.05) is 41.3 Å². The average Bonchev–Trinajstić information content (AvgIpc) is 3.75. The third-order valence-electron chi connectivity index (χ3n) is 8.30. The number of likely N-dealkylation sites (tertiary alicyclic amines) is 1. The zero-order chi connectivity index (χ0) is 28.3. The molecule has 1 N–H and O–H groups in total. The molecule has 1 heterocycles. The minimum absolute atomic E-state index is 0.117. The molecule has 41 heavy (non-hydrogen) atoms. The molecule has 4 nitrogen and oxygen atoms in total. The normalized spacial score (nSPS) is 19.1. The Kier molecular flexibility index (Phi) is 8.66. The van der Waals surface area contributed by atoms with Crippen LogP contribution in [0.25, 0.3) is 11.1 Å². The zero-order valence-corrected chi connectivity index (χ0v) is 24.6. The lowest BCUT2D eigenvalue weighted by Crippen LogP contribution is -2.26. The fourth-order valence-electron chi connectivity index (χ4n) is 6.06. The van der Waals surface area contributed by atoms with Gasteiger partial charge in [0.25, 0.3) is 0 Å². The summed E-state index contributed by atoms with van der Waals surface area (Å²) in [6.07, 6.45) is 6.34. The molecule has 7 heteroatoms. The van der Waals surface area contributed by atoms with Crippen LogP contribution in [0.15, 0.2) is 60.7 Å². The molecule has 0 spiro atoms. The Morgan fingerprint density at radius 2 is 1.78 bits per heavy atom. The second-order valence-corrected chi connectivity index (χ2v) is 12.2. The van der Waals surface area contributed by atoms with E-state index in [4.69, 9.17) is 27.9 Å². The highest BCUT2D eigenvalue weighted by atomic mass is 35.5. The fraction of sp³-hybridized carbons (Fsp3) is 0.382. The molecule has 3 aromatic carbocycles. The summed E-state index contributed by atoms with van der Waals surface area (Å²) in [4.78, 5) is 14.7. The van der Waals surface area contributed by atoms with Crippen LogP contribution < -0.4 is 10.1 Å². The summed E-state index contributed by atoms with van der Waals surface area (Å²) in [6, 6.07) is 20.3. The number of benzene rings is 3. The molecule has 6 rings (SSSR count). The average molecular weight is 594 g/mol. The van der Waals surface area contributed by atoms with Crippen molar-refractivity contribution in [2.24, 2.45) is 5.92 Å². The van der Waals surface area contributed by atoms with Crippen LogP contribution in [0.4, 0.5) is 10.1 Å². The molecule has 3 aromatic rings. The number of hydrogen-bond acceptors (Lipinski definition) is 3. The molecule has 0 aromatic heterocycles. The third kappa shape index (κ3) is 6.63. The van der Waals surface area contributed by atoms with Crippen LogP contribution in [0.3, 0.4) is 0 Å². The number of nitrogens with zero attached hydrogens (tertiary/aromatic N) is 1. The predicted molar refractivity (Wildman–Crippen MR) is 166 cm³/mol. The number of rotatable bonds is 9. The first-order valence-electron chi connectivity index (χ1n) is 14.7. The van der Waals surface area contributed by atoms with Crippen molar-refractivity contribution in [3.05, 3.63) is 93.0 Å². The van der Waals surface area contributed by atoms with E-state index in [-0.39, 0.29) is 24.6 Å². The van der Waals surface area contributed by atoms with E-state index in [9.17, 15) is 9.18 Å². The summed E-state index contributed by atoms with van der Waals surface area (Å²) in [7, 11) is 0. The van der Waals surface area contributed by atoms with E-state index < -0.39 is 0 Å². The number of nitrogens with one attached hydrogen (secondary N) is 1. The number of anilines is 1. The Bertz CT molecular complexity index is 1450. The lowest BCUT2D eigenvalue weighted by molar-refractivity contribution is -0.117. The summed E-state index contributed by atoms with van der Waals surface area (Å²) < 4.78 is 18.9. The molecule has 0 bridgehead atoms. The van der Waals surface area contributed by atoms with Crippen molar-refractivity contribution < 1.29 is 13.9 Å². The van der Waals surface area contributed by atoms with Crippen molar-refractivity contribution in [3.63, 3.8) is 0 Å². The molecular weight excluding hydrogens is 558 g/mol. The summed E-state index contributed by atoms with van der Waals surface area (Å²) in [6.45, 7) is 2.28. The Hall–Kier alpha value is -2.86. The minimum atomic E-state index is -0.276. The SMILES string of the molecule is O=C(Nc1ccc2c(c1)CCCC(c1ccc(Cl)cc1Cl)=C2c1ccc(O[C@H]2CCN(CCCF)C2)cc1)C1CC1. The number of alkyl halides is 1. The maximum atomic E-state index is 12.6. The van der Waals surface area contributed by atoms with Gasteiger partial charge in [-0.1, -0.05) is 47.5 Å². The first-order valence-corrected chi connectivity index (χ1v) is 15.4. The highest BCUT2D eigenvalue weighted by Gasteiger charge is 2.30. The summed E-state index contributed by atoms with van der Waals surface area (Å²) >= 11 is 13.0. The molecule has 1 saturated heterocycles. The van der Waals surface area contributed by atoms with Crippen molar-refractivity contribution in [2.45, 2.75) is 51.0 Å². The van der Waals surface area contributed by atoms with Gasteiger partial charge in [0.2, 0.25) is 5.91 Å². The Morgan fingerprint density at radius 1 is 0.976 bits per heavy atom. The fourth-order valence-corrected chi connectivity index (χ4v) is 6.58. The van der Waals surface area contributed by atoms with Crippen molar-refractivity contribution in [1.82, 2.24) is 4.90 Å². The number of fused-ring (bicyclic) bond motifs is 1. The van der Waals surface area contributed by atoms with Crippen LogP contribution in [0.2, 0.25) is 10.0 Å². The maximum Gasteiger partial charge on any atom is 0.227 e. The molecular formula is C34H35Cl2FN2O2. The molecule has 1 atom stereocenters. The van der Waals surface area contributed by atoms with Gasteiger partial charge < -0.3 is 10.1 Å². The lowest BCUT2D eigenvalue weighted by atomic mass is 9.87. The number of halogens is 3. The van der Waals surface area contributed by atoms with Crippen LogP contribution in [0.1, 0.15) is 60.8 Å². The van der Waals surface area contributed by atoms with Gasteiger partial charge in [-0.2, -0.15) is 0 Å². The quantitative estimate of drug-likeness (QED) is 0.271. The highest BCUT2D eigenvalue weighted by molar-refractivity contribution is 6.36. The second kappa shape index (κ2) is 12.6. The van der Waals surface area contributed by atoms with Gasteiger partial charge in [-0.15, -0.1) is 0 Å². The number of hydrogen-bond donors (Lipinski definition) is 1. The Labute approximate surface area is 251 Å². The lowest BCUT2D eigenvalue weighted by Gasteiger charge is -2.19. The molecule has 2 fully saturated rings. The van der Waals surface area contributed by atoms with Gasteiger partial charge in [0.1, 0.15) is 11.9 Å². The van der Waals surface area contributed by atoms with Gasteiger partial charge in [-0.05, 0) is 115 Å². The van der Waals surface area contributed by atoms with E-state index in [1.165, 1.54) is 11.1 Å². The van der Waals surface area contributed by atoms with Crippen molar-refractivity contribution in [1.29, 1.82) is 0 Å². The first-order chi connectivity index (χ1) is 20.0. The predicted octanol–water partition coefficient (Wildman–Crippen LogP) is 8.45. The Balaban J connectivity index is 1.33. The van der Waals surface area contributed by atoms with E-state index in [0.717, 1.165) is 91.9 Å². The van der Waals surface area contributed by atoms with Gasteiger partial charge in [0.15, 0.2) is 0 Å². The van der Waals surface area contributed by atoms with Crippen LogP contribution in [0, 0.1) is 5.92 Å². The molecule has 1 saturated carbocycles. The standard InChI is InChI=1S/C34H35Cl2FN2O2/c35-25-9-13-30(32(36)20-25)31-4-1-3-24-19-26(38-34(40)23-5-6-23)10-14-29(24)33(31)22-7-11-27(12-8-22)41-28-15-18-39(21-28)17-2-16-37/h7-14,19-20,23,28H,1-6,15-18,21H2,(H,38,40)/t28-/m0/s1. The number of carbonyl (C=O) groups is 1. The van der Waals surface area contributed by atoms with E-state index in [1.807, 2.05) is 30.3 Å². The van der Waals surface area contributed by atoms with Gasteiger partial charge in [-0.3, -0.25) is 14.1 Å². The molecule has 1 amide bonds. The van der Waals surface area contributed by atoms with E-state index in [1.54, 1.807) is 6.07 Å². The third-order valence-corrected chi connectivity index (χ3v) is 8.85. The van der Waals surface area contributed by atoms with Crippen LogP contribution in [-0.2, 0) is 11.2 Å². The maximum absolute atomic E-state index is 12.6. The molecule has 0 unspecified atom stereocenters. The molecule has 0 radical (unpaired) electrons. The van der Waals surface area contributed by atoms with Gasteiger partial charge in [-0.25, -0.2) is 0 Å². The summed E-state index contributed by atoms with van der Waals surface area (Å²) in [5.41, 5.74) is 7.64. The zero-order valence-electron chi connectivity index (χ0n) is 23.1. The number of allylic oxidation sites excluding steroid dienone is 1. The van der Waals surface area contributed by atoms with Gasteiger partial charge >= 0.3 is 0 Å². The largest absolute Gasteiger partial charge is 0.489 e. The van der Waals surface area contributed by atoms with E-state index in [2.05, 4.69) is 34.5 Å². The first kappa shape index (κ1) is 28.3. The molecule has 1 aliphatic heterocycles. The highest BCUT2D eigenvalue weighted by Crippen LogP contribution is 2.43. The van der Waals surface area contributed by atoms with E-state index in [0.29, 0.717) is 16.5 Å². The summed E-state index contributed by atoms with van der Waals surface area (Å²) in [5.74, 6) is 1.11. The summed E-state index contributed by atoms with van der Waals surface area (Å²) in [5, 5.41) is 4.37. The smallest absolute Gasteiger partial charge is 0.227 e. The number of aryl methyl sites for hydroxylation is 1. The second-order valence-electron chi connectivity index (χ2n) is 11.4. The van der Waals surface area contributed by atoms with Crippen LogP contribution in [-0.4, -0.2) is 43.2 Å². The van der Waals surface area contributed by atoms with Crippen LogP contribution >= 0.6 is 23.2 Å². The molecule has 3 aliphatic rings. The molecule has 2 aliphatic carbocycles. The topological polar surface area (TPSA) is 41.6 Å². The Morgan fingerprint density at radius 3 is 2.54 bits per heavy atom. The monoisotopic (exact) mass is 592 g/mol. The number of carbonyl (C=O) groups excluding carboxylic acids is 1. The van der Waals surface area contributed by atoms with Gasteiger partial charge in [0.05, 0.1) is 6.67 Å². The number of ether oxygens (including phenoxy) is 1. The van der Waals surface area contributed by atoms with E-state index >= 15 is 0 Å². The van der Waals surface area contributed by atoms with Crippen molar-refractivity contribution in [3.8, 4) is 5.75 Å². The minimum Gasteiger partial charge on any atom is -0.489 e. The number of amides is 1. The molecule has 214 valence electrons.